The van der Waals surface area contributed by atoms with Gasteiger partial charge in [-0.3, -0.25) is 0 Å². The molecule has 8 heteroatoms. The number of benzene rings is 1. The van der Waals surface area contributed by atoms with Gasteiger partial charge in [-0.25, -0.2) is 19.6 Å². The van der Waals surface area contributed by atoms with E-state index >= 15 is 0 Å². The van der Waals surface area contributed by atoms with Gasteiger partial charge in [0.15, 0.2) is 0 Å². The lowest BCUT2D eigenvalue weighted by Gasteiger charge is -2.13. The third-order valence-corrected chi connectivity index (χ3v) is 6.93. The highest BCUT2D eigenvalue weighted by Crippen LogP contribution is 2.36. The summed E-state index contributed by atoms with van der Waals surface area (Å²) in [6, 6.07) is 12.9. The number of aromatic carboxylic acids is 2. The fourth-order valence-corrected chi connectivity index (χ4v) is 5.42. The average molecular weight is 517 g/mol. The monoisotopic (exact) mass is 516 g/mol. The van der Waals surface area contributed by atoms with Gasteiger partial charge in [0.1, 0.15) is 11.1 Å². The first-order chi connectivity index (χ1) is 18.7. The number of carboxylic acid groups (broad SMARTS) is 2. The zero-order valence-corrected chi connectivity index (χ0v) is 21.5. The molecule has 39 heavy (non-hydrogen) atoms. The van der Waals surface area contributed by atoms with Crippen molar-refractivity contribution < 1.29 is 19.8 Å². The summed E-state index contributed by atoms with van der Waals surface area (Å²) in [6.07, 6.45) is 6.95. The molecular weight excluding hydrogens is 492 g/mol. The number of aromatic amines is 2. The van der Waals surface area contributed by atoms with Gasteiger partial charge in [-0.2, -0.15) is 0 Å². The summed E-state index contributed by atoms with van der Waals surface area (Å²) in [5, 5.41) is 20.3. The van der Waals surface area contributed by atoms with E-state index in [-0.39, 0.29) is 11.1 Å². The van der Waals surface area contributed by atoms with Crippen molar-refractivity contribution in [1.29, 1.82) is 0 Å². The highest BCUT2D eigenvalue weighted by atomic mass is 16.4. The van der Waals surface area contributed by atoms with E-state index in [2.05, 4.69) is 22.1 Å². The predicted molar refractivity (Wildman–Crippen MR) is 152 cm³/mol. The molecule has 3 aromatic heterocycles. The van der Waals surface area contributed by atoms with E-state index in [1.807, 2.05) is 20.8 Å². The van der Waals surface area contributed by atoms with E-state index in [1.165, 1.54) is 0 Å². The standard InChI is InChI=1S/C31H24N4O4/c1-15-12-16(2)26(17(3)13-15)27-20-8-10-24(34-20)28(30(36)37)22-6-4-18(32-22)14-19-5-7-23(33-19)29(31(38)39)25-11-9-21(27)35-25/h4-14,32-33H,1-3H3,(H,36,37)(H,38,39). The fraction of sp³-hybridized carbons (Fsp3) is 0.0968. The summed E-state index contributed by atoms with van der Waals surface area (Å²) >= 11 is 0. The minimum atomic E-state index is -1.10. The number of hydrogen-bond donors (Lipinski definition) is 4. The summed E-state index contributed by atoms with van der Waals surface area (Å²) in [5.74, 6) is -2.20. The molecule has 4 N–H and O–H groups in total. The van der Waals surface area contributed by atoms with Crippen molar-refractivity contribution in [1.82, 2.24) is 19.9 Å². The van der Waals surface area contributed by atoms with Gasteiger partial charge in [0, 0.05) is 16.6 Å². The Kier molecular flexibility index (Phi) is 5.54. The zero-order valence-electron chi connectivity index (χ0n) is 21.5. The van der Waals surface area contributed by atoms with Crippen LogP contribution in [-0.2, 0) is 0 Å². The fourth-order valence-electron chi connectivity index (χ4n) is 5.42. The van der Waals surface area contributed by atoms with E-state index in [4.69, 9.17) is 9.97 Å². The molecule has 0 saturated carbocycles. The van der Waals surface area contributed by atoms with Crippen LogP contribution >= 0.6 is 0 Å². The maximum atomic E-state index is 12.4. The van der Waals surface area contributed by atoms with Gasteiger partial charge < -0.3 is 20.2 Å². The lowest BCUT2D eigenvalue weighted by molar-refractivity contribution is 0.0687. The molecule has 0 fully saturated rings. The van der Waals surface area contributed by atoms with Crippen LogP contribution in [0.1, 0.15) is 60.2 Å². The quantitative estimate of drug-likeness (QED) is 0.208. The van der Waals surface area contributed by atoms with Crippen molar-refractivity contribution in [3.05, 3.63) is 93.1 Å². The molecule has 6 rings (SSSR count). The van der Waals surface area contributed by atoms with Gasteiger partial charge in [0.05, 0.1) is 33.8 Å². The maximum Gasteiger partial charge on any atom is 0.340 e. The van der Waals surface area contributed by atoms with Crippen molar-refractivity contribution in [2.45, 2.75) is 20.8 Å². The third kappa shape index (κ3) is 4.12. The number of aryl methyl sites for hydroxylation is 3. The lowest BCUT2D eigenvalue weighted by atomic mass is 9.92. The SMILES string of the molecule is Cc1cc(C)c(-c2c3nc(c(C(=O)O)c4ccc(cc5ccc([nH]5)c(C(=O)O)c5nc2C=C5)[nH]4)C=C3)c(C)c1. The van der Waals surface area contributed by atoms with Gasteiger partial charge in [0.25, 0.3) is 0 Å². The number of nitrogens with zero attached hydrogens (tertiary/aromatic N) is 2. The highest BCUT2D eigenvalue weighted by Gasteiger charge is 2.22. The molecular formula is C31H24N4O4. The molecule has 2 aliphatic rings. The molecule has 5 heterocycles. The van der Waals surface area contributed by atoms with E-state index in [0.29, 0.717) is 50.4 Å². The number of carbonyl (C=O) groups is 2. The number of aromatic nitrogens is 4. The second-order valence-corrected chi connectivity index (χ2v) is 9.74. The molecule has 0 radical (unpaired) electrons. The molecule has 0 amide bonds. The van der Waals surface area contributed by atoms with Crippen LogP contribution in [-0.4, -0.2) is 42.1 Å². The Morgan fingerprint density at radius 1 is 0.615 bits per heavy atom. The minimum absolute atomic E-state index is 0.0505. The number of nitrogens with one attached hydrogen (secondary N) is 2. The van der Waals surface area contributed by atoms with Gasteiger partial charge in [-0.05, 0) is 92.1 Å². The molecule has 2 aliphatic heterocycles. The van der Waals surface area contributed by atoms with Crippen LogP contribution < -0.4 is 0 Å². The van der Waals surface area contributed by atoms with Crippen molar-refractivity contribution in [3.8, 4) is 11.1 Å². The molecule has 0 unspecified atom stereocenters. The molecule has 4 aromatic rings. The molecule has 8 bridgehead atoms. The Morgan fingerprint density at radius 3 is 1.49 bits per heavy atom. The summed E-state index contributed by atoms with van der Waals surface area (Å²) < 4.78 is 0. The van der Waals surface area contributed by atoms with Gasteiger partial charge >= 0.3 is 11.9 Å². The van der Waals surface area contributed by atoms with Crippen molar-refractivity contribution in [2.24, 2.45) is 0 Å². The molecule has 8 nitrogen and oxygen atoms in total. The van der Waals surface area contributed by atoms with Crippen molar-refractivity contribution in [3.63, 3.8) is 0 Å². The first kappa shape index (κ1) is 24.1. The largest absolute Gasteiger partial charge is 0.478 e. The van der Waals surface area contributed by atoms with Gasteiger partial charge in [-0.15, -0.1) is 0 Å². The topological polar surface area (TPSA) is 132 Å². The van der Waals surface area contributed by atoms with Crippen LogP contribution in [0.2, 0.25) is 0 Å². The smallest absolute Gasteiger partial charge is 0.340 e. The van der Waals surface area contributed by atoms with Gasteiger partial charge in [0.2, 0.25) is 0 Å². The van der Waals surface area contributed by atoms with Crippen molar-refractivity contribution in [2.75, 3.05) is 0 Å². The van der Waals surface area contributed by atoms with Gasteiger partial charge in [-0.1, -0.05) is 17.7 Å². The molecule has 0 atom stereocenters. The van der Waals surface area contributed by atoms with Crippen LogP contribution in [0.3, 0.4) is 0 Å². The highest BCUT2D eigenvalue weighted by molar-refractivity contribution is 6.03. The Bertz CT molecular complexity index is 1820. The molecule has 0 saturated heterocycles. The van der Waals surface area contributed by atoms with E-state index in [1.54, 1.807) is 54.6 Å². The normalized spacial score (nSPS) is 12.2. The van der Waals surface area contributed by atoms with Crippen LogP contribution in [0.25, 0.3) is 57.5 Å². The Labute approximate surface area is 223 Å². The predicted octanol–water partition coefficient (Wildman–Crippen LogP) is 6.64. The first-order valence-corrected chi connectivity index (χ1v) is 12.4. The Morgan fingerprint density at radius 2 is 1.05 bits per heavy atom. The lowest BCUT2D eigenvalue weighted by Crippen LogP contribution is -2.01. The van der Waals surface area contributed by atoms with Crippen LogP contribution in [0.5, 0.6) is 0 Å². The van der Waals surface area contributed by atoms with Crippen molar-refractivity contribution >= 4 is 58.3 Å². The summed E-state index contributed by atoms with van der Waals surface area (Å²) in [4.78, 5) is 40.7. The molecule has 0 spiro atoms. The number of H-pyrrole nitrogens is 2. The van der Waals surface area contributed by atoms with E-state index in [0.717, 1.165) is 22.3 Å². The van der Waals surface area contributed by atoms with E-state index < -0.39 is 11.9 Å². The van der Waals surface area contributed by atoms with Crippen LogP contribution in [0.15, 0.2) is 42.5 Å². The third-order valence-electron chi connectivity index (χ3n) is 6.93. The summed E-state index contributed by atoms with van der Waals surface area (Å²) in [7, 11) is 0. The minimum Gasteiger partial charge on any atom is -0.478 e. The summed E-state index contributed by atoms with van der Waals surface area (Å²) in [6.45, 7) is 6.05. The number of hydrogen-bond acceptors (Lipinski definition) is 4. The summed E-state index contributed by atoms with van der Waals surface area (Å²) in [5.41, 5.74) is 8.70. The molecule has 0 aliphatic carbocycles. The first-order valence-electron chi connectivity index (χ1n) is 12.4. The van der Waals surface area contributed by atoms with Crippen LogP contribution in [0.4, 0.5) is 0 Å². The zero-order chi connectivity index (χ0) is 27.4. The number of carboxylic acids is 2. The van der Waals surface area contributed by atoms with E-state index in [9.17, 15) is 19.8 Å². The number of rotatable bonds is 3. The second-order valence-electron chi connectivity index (χ2n) is 9.74. The maximum absolute atomic E-state index is 12.4. The second kappa shape index (κ2) is 8.95. The Hall–Kier alpha value is -5.24. The number of fused-ring (bicyclic) bond motifs is 8. The van der Waals surface area contributed by atoms with Crippen LogP contribution in [0, 0.1) is 20.8 Å². The molecule has 1 aromatic carbocycles. The molecule has 192 valence electrons. The Balaban J connectivity index is 1.85. The average Bonchev–Trinajstić information content (AvgIpc) is 3.65.